The summed E-state index contributed by atoms with van der Waals surface area (Å²) in [5.41, 5.74) is 0.951. The standard InChI is InChI=1S/C12H15N3O3/c1-7-5-14-10(6-13-7)12(18)15-9(4-11(16)17)8-2-3-8/h5-6,8-9H,2-4H2,1H3,(H,15,18)(H,16,17). The molecule has 0 spiro atoms. The molecule has 1 saturated carbocycles. The van der Waals surface area contributed by atoms with Crippen molar-refractivity contribution in [2.45, 2.75) is 32.2 Å². The van der Waals surface area contributed by atoms with Crippen molar-refractivity contribution < 1.29 is 14.7 Å². The summed E-state index contributed by atoms with van der Waals surface area (Å²) in [6.07, 6.45) is 4.80. The van der Waals surface area contributed by atoms with E-state index in [1.54, 1.807) is 6.92 Å². The van der Waals surface area contributed by atoms with Gasteiger partial charge in [0.05, 0.1) is 18.3 Å². The lowest BCUT2D eigenvalue weighted by atomic mass is 10.1. The number of amides is 1. The maximum Gasteiger partial charge on any atom is 0.305 e. The van der Waals surface area contributed by atoms with Gasteiger partial charge in [0, 0.05) is 12.2 Å². The van der Waals surface area contributed by atoms with E-state index in [0.717, 1.165) is 18.5 Å². The van der Waals surface area contributed by atoms with E-state index in [1.807, 2.05) is 0 Å². The number of carbonyl (C=O) groups is 2. The highest BCUT2D eigenvalue weighted by atomic mass is 16.4. The van der Waals surface area contributed by atoms with Gasteiger partial charge in [-0.3, -0.25) is 14.6 Å². The SMILES string of the molecule is Cc1cnc(C(=O)NC(CC(=O)O)C2CC2)cn1. The van der Waals surface area contributed by atoms with E-state index in [2.05, 4.69) is 15.3 Å². The third-order valence-electron chi connectivity index (χ3n) is 2.92. The van der Waals surface area contributed by atoms with Crippen LogP contribution in [0.4, 0.5) is 0 Å². The zero-order chi connectivity index (χ0) is 13.1. The van der Waals surface area contributed by atoms with E-state index in [0.29, 0.717) is 0 Å². The minimum absolute atomic E-state index is 0.0459. The molecule has 1 atom stereocenters. The molecule has 6 heteroatoms. The molecule has 0 aromatic carbocycles. The van der Waals surface area contributed by atoms with Gasteiger partial charge in [0.25, 0.3) is 5.91 Å². The van der Waals surface area contributed by atoms with Gasteiger partial charge in [0.15, 0.2) is 0 Å². The maximum absolute atomic E-state index is 11.9. The fourth-order valence-electron chi connectivity index (χ4n) is 1.77. The molecule has 1 unspecified atom stereocenters. The van der Waals surface area contributed by atoms with Crippen molar-refractivity contribution in [2.24, 2.45) is 5.92 Å². The summed E-state index contributed by atoms with van der Waals surface area (Å²) < 4.78 is 0. The lowest BCUT2D eigenvalue weighted by Crippen LogP contribution is -2.38. The van der Waals surface area contributed by atoms with Gasteiger partial charge in [-0.05, 0) is 25.7 Å². The Kier molecular flexibility index (Phi) is 3.55. The van der Waals surface area contributed by atoms with E-state index in [1.165, 1.54) is 12.4 Å². The number of carboxylic acids is 1. The van der Waals surface area contributed by atoms with Crippen LogP contribution in [0, 0.1) is 12.8 Å². The van der Waals surface area contributed by atoms with Crippen molar-refractivity contribution in [1.29, 1.82) is 0 Å². The first kappa shape index (κ1) is 12.5. The predicted octanol–water partition coefficient (Wildman–Crippen LogP) is 0.768. The Balaban J connectivity index is 2.00. The topological polar surface area (TPSA) is 92.2 Å². The molecule has 1 fully saturated rings. The third-order valence-corrected chi connectivity index (χ3v) is 2.92. The Morgan fingerprint density at radius 3 is 2.67 bits per heavy atom. The molecule has 2 rings (SSSR count). The van der Waals surface area contributed by atoms with E-state index < -0.39 is 5.97 Å². The molecule has 1 amide bonds. The first-order valence-corrected chi connectivity index (χ1v) is 5.87. The van der Waals surface area contributed by atoms with Crippen LogP contribution >= 0.6 is 0 Å². The number of nitrogens with one attached hydrogen (secondary N) is 1. The van der Waals surface area contributed by atoms with Crippen molar-refractivity contribution >= 4 is 11.9 Å². The molecular weight excluding hydrogens is 234 g/mol. The van der Waals surface area contributed by atoms with Crippen molar-refractivity contribution in [3.8, 4) is 0 Å². The van der Waals surface area contributed by atoms with Gasteiger partial charge in [-0.1, -0.05) is 0 Å². The van der Waals surface area contributed by atoms with Crippen molar-refractivity contribution in [3.63, 3.8) is 0 Å². The molecule has 6 nitrogen and oxygen atoms in total. The second-order valence-corrected chi connectivity index (χ2v) is 4.56. The van der Waals surface area contributed by atoms with Gasteiger partial charge in [-0.15, -0.1) is 0 Å². The Bertz CT molecular complexity index is 454. The summed E-state index contributed by atoms with van der Waals surface area (Å²) in [6, 6.07) is -0.307. The largest absolute Gasteiger partial charge is 0.481 e. The van der Waals surface area contributed by atoms with Crippen LogP contribution in [-0.4, -0.2) is 33.0 Å². The highest BCUT2D eigenvalue weighted by Gasteiger charge is 2.34. The summed E-state index contributed by atoms with van der Waals surface area (Å²) in [4.78, 5) is 30.6. The predicted molar refractivity (Wildman–Crippen MR) is 63.0 cm³/mol. The first-order valence-electron chi connectivity index (χ1n) is 5.87. The average molecular weight is 249 g/mol. The number of nitrogens with zero attached hydrogens (tertiary/aromatic N) is 2. The summed E-state index contributed by atoms with van der Waals surface area (Å²) in [6.45, 7) is 1.78. The molecule has 1 heterocycles. The number of rotatable bonds is 5. The Morgan fingerprint density at radius 1 is 1.44 bits per heavy atom. The van der Waals surface area contributed by atoms with E-state index in [9.17, 15) is 9.59 Å². The average Bonchev–Trinajstić information content (AvgIpc) is 3.12. The van der Waals surface area contributed by atoms with Crippen LogP contribution in [0.5, 0.6) is 0 Å². The Labute approximate surface area is 104 Å². The molecule has 0 saturated heterocycles. The fourth-order valence-corrected chi connectivity index (χ4v) is 1.77. The zero-order valence-corrected chi connectivity index (χ0v) is 10.1. The fraction of sp³-hybridized carbons (Fsp3) is 0.500. The Morgan fingerprint density at radius 2 is 2.17 bits per heavy atom. The summed E-state index contributed by atoms with van der Waals surface area (Å²) in [5.74, 6) is -0.980. The second-order valence-electron chi connectivity index (χ2n) is 4.56. The lowest BCUT2D eigenvalue weighted by Gasteiger charge is -2.15. The van der Waals surface area contributed by atoms with Gasteiger partial charge in [0.1, 0.15) is 5.69 Å². The summed E-state index contributed by atoms with van der Waals surface area (Å²) in [7, 11) is 0. The highest BCUT2D eigenvalue weighted by molar-refractivity contribution is 5.92. The van der Waals surface area contributed by atoms with E-state index >= 15 is 0 Å². The molecule has 0 aliphatic heterocycles. The van der Waals surface area contributed by atoms with Gasteiger partial charge < -0.3 is 10.4 Å². The van der Waals surface area contributed by atoms with E-state index in [4.69, 9.17) is 5.11 Å². The van der Waals surface area contributed by atoms with Gasteiger partial charge >= 0.3 is 5.97 Å². The molecule has 2 N–H and O–H groups in total. The van der Waals surface area contributed by atoms with Crippen LogP contribution in [0.25, 0.3) is 0 Å². The smallest absolute Gasteiger partial charge is 0.305 e. The number of aryl methyl sites for hydroxylation is 1. The second kappa shape index (κ2) is 5.12. The van der Waals surface area contributed by atoms with Crippen molar-refractivity contribution in [3.05, 3.63) is 23.8 Å². The quantitative estimate of drug-likeness (QED) is 0.804. The third kappa shape index (κ3) is 3.26. The maximum atomic E-state index is 11.9. The number of hydrogen-bond acceptors (Lipinski definition) is 4. The molecule has 1 aliphatic carbocycles. The highest BCUT2D eigenvalue weighted by Crippen LogP contribution is 2.34. The molecule has 0 bridgehead atoms. The first-order chi connectivity index (χ1) is 8.56. The zero-order valence-electron chi connectivity index (χ0n) is 10.1. The Hall–Kier alpha value is -1.98. The van der Waals surface area contributed by atoms with Crippen LogP contribution in [0.1, 0.15) is 35.4 Å². The van der Waals surface area contributed by atoms with Crippen LogP contribution in [-0.2, 0) is 4.79 Å². The normalized spacial score (nSPS) is 16.1. The van der Waals surface area contributed by atoms with Crippen LogP contribution in [0.3, 0.4) is 0 Å². The minimum atomic E-state index is -0.901. The lowest BCUT2D eigenvalue weighted by molar-refractivity contribution is -0.137. The van der Waals surface area contributed by atoms with Crippen LogP contribution in [0.15, 0.2) is 12.4 Å². The van der Waals surface area contributed by atoms with E-state index in [-0.39, 0.29) is 30.0 Å². The van der Waals surface area contributed by atoms with Crippen LogP contribution in [0.2, 0.25) is 0 Å². The molecule has 1 aliphatic rings. The number of aromatic nitrogens is 2. The monoisotopic (exact) mass is 249 g/mol. The summed E-state index contributed by atoms with van der Waals surface area (Å²) in [5, 5.41) is 11.5. The number of carbonyl (C=O) groups excluding carboxylic acids is 1. The number of aliphatic carboxylic acids is 1. The molecular formula is C12H15N3O3. The number of carboxylic acid groups (broad SMARTS) is 1. The van der Waals surface area contributed by atoms with Gasteiger partial charge in [-0.2, -0.15) is 0 Å². The minimum Gasteiger partial charge on any atom is -0.481 e. The number of hydrogen-bond donors (Lipinski definition) is 2. The van der Waals surface area contributed by atoms with Gasteiger partial charge in [0.2, 0.25) is 0 Å². The van der Waals surface area contributed by atoms with Crippen molar-refractivity contribution in [1.82, 2.24) is 15.3 Å². The summed E-state index contributed by atoms with van der Waals surface area (Å²) >= 11 is 0. The molecule has 18 heavy (non-hydrogen) atoms. The molecule has 96 valence electrons. The molecule has 1 aromatic rings. The van der Waals surface area contributed by atoms with Crippen LogP contribution < -0.4 is 5.32 Å². The molecule has 1 aromatic heterocycles. The van der Waals surface area contributed by atoms with Gasteiger partial charge in [-0.25, -0.2) is 4.98 Å². The van der Waals surface area contributed by atoms with Crippen molar-refractivity contribution in [2.75, 3.05) is 0 Å². The molecule has 0 radical (unpaired) electrons.